The van der Waals surface area contributed by atoms with Crippen molar-refractivity contribution in [3.8, 4) is 5.75 Å². The van der Waals surface area contributed by atoms with Crippen molar-refractivity contribution < 1.29 is 9.94 Å². The molecule has 0 atom stereocenters. The molecule has 19 heavy (non-hydrogen) atoms. The van der Waals surface area contributed by atoms with Gasteiger partial charge in [0.05, 0.1) is 12.8 Å². The van der Waals surface area contributed by atoms with E-state index >= 15 is 0 Å². The van der Waals surface area contributed by atoms with Crippen molar-refractivity contribution in [3.05, 3.63) is 54.1 Å². The fraction of sp³-hybridized carbons (Fsp3) is 0.133. The average Bonchev–Trinajstić information content (AvgIpc) is 2.48. The Morgan fingerprint density at radius 2 is 1.79 bits per heavy atom. The molecule has 2 rings (SSSR count). The quantitative estimate of drug-likeness (QED) is 0.499. The summed E-state index contributed by atoms with van der Waals surface area (Å²) in [5.74, 6) is 0.812. The van der Waals surface area contributed by atoms with Gasteiger partial charge in [0.2, 0.25) is 0 Å². The molecule has 0 saturated carbocycles. The lowest BCUT2D eigenvalue weighted by Crippen LogP contribution is -2.01. The number of oxime groups is 1. The van der Waals surface area contributed by atoms with Crippen LogP contribution in [-0.4, -0.2) is 18.0 Å². The van der Waals surface area contributed by atoms with Gasteiger partial charge in [0.15, 0.2) is 0 Å². The van der Waals surface area contributed by atoms with E-state index in [4.69, 9.17) is 9.94 Å². The fourth-order valence-electron chi connectivity index (χ4n) is 1.79. The van der Waals surface area contributed by atoms with Crippen LogP contribution >= 0.6 is 0 Å². The molecule has 0 unspecified atom stereocenters. The van der Waals surface area contributed by atoms with Crippen LogP contribution in [0.25, 0.3) is 0 Å². The molecule has 0 heterocycles. The Kier molecular flexibility index (Phi) is 4.03. The molecule has 0 fully saturated rings. The molecule has 0 amide bonds. The second-order valence-electron chi connectivity index (χ2n) is 4.08. The molecule has 0 bridgehead atoms. The molecule has 2 aromatic rings. The molecule has 0 aliphatic carbocycles. The summed E-state index contributed by atoms with van der Waals surface area (Å²) >= 11 is 0. The van der Waals surface area contributed by atoms with Crippen LogP contribution in [0.1, 0.15) is 12.5 Å². The van der Waals surface area contributed by atoms with Crippen LogP contribution in [0, 0.1) is 0 Å². The maximum atomic E-state index is 8.89. The Hall–Kier alpha value is -2.49. The lowest BCUT2D eigenvalue weighted by Gasteiger charge is -2.11. The minimum Gasteiger partial charge on any atom is -0.497 e. The van der Waals surface area contributed by atoms with Gasteiger partial charge in [-0.2, -0.15) is 0 Å². The fourth-order valence-corrected chi connectivity index (χ4v) is 1.79. The van der Waals surface area contributed by atoms with Gasteiger partial charge in [-0.1, -0.05) is 23.4 Å². The largest absolute Gasteiger partial charge is 0.497 e. The highest BCUT2D eigenvalue weighted by atomic mass is 16.5. The molecule has 0 aliphatic heterocycles. The molecule has 98 valence electrons. The Morgan fingerprint density at radius 1 is 1.11 bits per heavy atom. The van der Waals surface area contributed by atoms with Crippen molar-refractivity contribution in [2.24, 2.45) is 5.16 Å². The lowest BCUT2D eigenvalue weighted by atomic mass is 10.1. The Balaban J connectivity index is 2.27. The summed E-state index contributed by atoms with van der Waals surface area (Å²) in [5, 5.41) is 15.4. The zero-order chi connectivity index (χ0) is 13.7. The van der Waals surface area contributed by atoms with Crippen LogP contribution in [0.3, 0.4) is 0 Å². The Labute approximate surface area is 112 Å². The standard InChI is InChI=1S/C15H16N2O2/c1-11(17-18)14-5-3-4-6-15(14)16-12-7-9-13(19-2)10-8-12/h3-10,16,18H,1-2H3/b17-11+. The SMILES string of the molecule is COc1ccc(Nc2ccccc2/C(C)=N/O)cc1. The maximum Gasteiger partial charge on any atom is 0.119 e. The number of methoxy groups -OCH3 is 1. The van der Waals surface area contributed by atoms with E-state index in [2.05, 4.69) is 10.5 Å². The van der Waals surface area contributed by atoms with E-state index in [0.717, 1.165) is 22.7 Å². The van der Waals surface area contributed by atoms with Crippen LogP contribution < -0.4 is 10.1 Å². The second-order valence-corrected chi connectivity index (χ2v) is 4.08. The van der Waals surface area contributed by atoms with Crippen molar-refractivity contribution in [1.29, 1.82) is 0 Å². The number of rotatable bonds is 4. The van der Waals surface area contributed by atoms with Gasteiger partial charge in [-0.3, -0.25) is 0 Å². The van der Waals surface area contributed by atoms with Crippen molar-refractivity contribution in [2.75, 3.05) is 12.4 Å². The number of nitrogens with one attached hydrogen (secondary N) is 1. The molecule has 0 spiro atoms. The molecule has 4 heteroatoms. The first-order valence-electron chi connectivity index (χ1n) is 5.93. The highest BCUT2D eigenvalue weighted by molar-refractivity contribution is 6.03. The second kappa shape index (κ2) is 5.91. The van der Waals surface area contributed by atoms with Crippen LogP contribution in [0.15, 0.2) is 53.7 Å². The number of benzene rings is 2. The topological polar surface area (TPSA) is 53.8 Å². The molecule has 0 aromatic heterocycles. The minimum atomic E-state index is 0.566. The van der Waals surface area contributed by atoms with Gasteiger partial charge in [-0.25, -0.2) is 0 Å². The molecule has 0 aliphatic rings. The zero-order valence-electron chi connectivity index (χ0n) is 10.9. The number of hydrogen-bond donors (Lipinski definition) is 2. The third-order valence-corrected chi connectivity index (χ3v) is 2.84. The van der Waals surface area contributed by atoms with E-state index in [0.29, 0.717) is 5.71 Å². The molecule has 0 saturated heterocycles. The van der Waals surface area contributed by atoms with Crippen molar-refractivity contribution in [1.82, 2.24) is 0 Å². The Bertz CT molecular complexity index is 577. The van der Waals surface area contributed by atoms with E-state index in [-0.39, 0.29) is 0 Å². The van der Waals surface area contributed by atoms with Crippen LogP contribution in [0.2, 0.25) is 0 Å². The number of para-hydroxylation sites is 1. The van der Waals surface area contributed by atoms with Gasteiger partial charge < -0.3 is 15.3 Å². The monoisotopic (exact) mass is 256 g/mol. The van der Waals surface area contributed by atoms with E-state index in [9.17, 15) is 0 Å². The summed E-state index contributed by atoms with van der Waals surface area (Å²) in [6, 6.07) is 15.3. The highest BCUT2D eigenvalue weighted by Crippen LogP contribution is 2.23. The molecular formula is C15H16N2O2. The highest BCUT2D eigenvalue weighted by Gasteiger charge is 2.05. The van der Waals surface area contributed by atoms with E-state index in [1.54, 1.807) is 14.0 Å². The summed E-state index contributed by atoms with van der Waals surface area (Å²) in [6.45, 7) is 1.76. The number of ether oxygens (including phenoxy) is 1. The van der Waals surface area contributed by atoms with Gasteiger partial charge in [0, 0.05) is 16.9 Å². The minimum absolute atomic E-state index is 0.566. The zero-order valence-corrected chi connectivity index (χ0v) is 10.9. The lowest BCUT2D eigenvalue weighted by molar-refractivity contribution is 0.319. The van der Waals surface area contributed by atoms with Gasteiger partial charge in [-0.15, -0.1) is 0 Å². The summed E-state index contributed by atoms with van der Waals surface area (Å²) in [7, 11) is 1.64. The summed E-state index contributed by atoms with van der Waals surface area (Å²) in [5.41, 5.74) is 3.26. The van der Waals surface area contributed by atoms with Gasteiger partial charge in [-0.05, 0) is 37.3 Å². The van der Waals surface area contributed by atoms with Gasteiger partial charge >= 0.3 is 0 Å². The number of nitrogens with zero attached hydrogens (tertiary/aromatic N) is 1. The summed E-state index contributed by atoms with van der Waals surface area (Å²) < 4.78 is 5.12. The van der Waals surface area contributed by atoms with E-state index in [1.165, 1.54) is 0 Å². The molecular weight excluding hydrogens is 240 g/mol. The maximum absolute atomic E-state index is 8.89. The first kappa shape index (κ1) is 13.0. The smallest absolute Gasteiger partial charge is 0.119 e. The van der Waals surface area contributed by atoms with E-state index in [1.807, 2.05) is 48.5 Å². The first-order valence-corrected chi connectivity index (χ1v) is 5.93. The summed E-state index contributed by atoms with van der Waals surface area (Å²) in [6.07, 6.45) is 0. The third kappa shape index (κ3) is 3.04. The van der Waals surface area contributed by atoms with Crippen LogP contribution in [-0.2, 0) is 0 Å². The number of anilines is 2. The predicted molar refractivity (Wildman–Crippen MR) is 76.7 cm³/mol. The molecule has 2 N–H and O–H groups in total. The van der Waals surface area contributed by atoms with Crippen LogP contribution in [0.4, 0.5) is 11.4 Å². The first-order chi connectivity index (χ1) is 9.24. The van der Waals surface area contributed by atoms with E-state index < -0.39 is 0 Å². The van der Waals surface area contributed by atoms with Crippen LogP contribution in [0.5, 0.6) is 5.75 Å². The average molecular weight is 256 g/mol. The predicted octanol–water partition coefficient (Wildman–Crippen LogP) is 3.64. The molecule has 0 radical (unpaired) electrons. The van der Waals surface area contributed by atoms with Gasteiger partial charge in [0.1, 0.15) is 5.75 Å². The summed E-state index contributed by atoms with van der Waals surface area (Å²) in [4.78, 5) is 0. The van der Waals surface area contributed by atoms with Crippen molar-refractivity contribution in [3.63, 3.8) is 0 Å². The number of hydrogen-bond acceptors (Lipinski definition) is 4. The molecule has 4 nitrogen and oxygen atoms in total. The third-order valence-electron chi connectivity index (χ3n) is 2.84. The van der Waals surface area contributed by atoms with Crippen molar-refractivity contribution >= 4 is 17.1 Å². The van der Waals surface area contributed by atoms with Crippen molar-refractivity contribution in [2.45, 2.75) is 6.92 Å². The molecule has 2 aromatic carbocycles. The van der Waals surface area contributed by atoms with Gasteiger partial charge in [0.25, 0.3) is 0 Å². The Morgan fingerprint density at radius 3 is 2.42 bits per heavy atom. The normalized spacial score (nSPS) is 11.2.